The van der Waals surface area contributed by atoms with E-state index in [1.54, 1.807) is 0 Å². The van der Waals surface area contributed by atoms with Crippen LogP contribution in [0.15, 0.2) is 12.2 Å². The summed E-state index contributed by atoms with van der Waals surface area (Å²) >= 11 is 0. The largest absolute Gasteiger partial charge is 0.379 e. The fourth-order valence-electron chi connectivity index (χ4n) is 5.28. The summed E-state index contributed by atoms with van der Waals surface area (Å²) < 4.78 is 71.4. The SMILES string of the molecule is CCCCCCCCCCC/C=C/CCCCCOCCOCCOCCOCCOCCOCCOCCOCCOCCOCCOCCOCCOCCN. The normalized spacial score (nSPS) is 11.8. The standard InChI is InChI=1S/C44H89NO13/c1-2-3-4-5-6-7-8-9-10-11-12-13-14-15-16-17-19-46-21-23-48-25-27-50-29-31-52-33-35-54-37-39-56-41-43-58-44-42-57-40-38-55-36-34-53-32-30-51-28-26-49-24-22-47-20-18-45/h12-13H,2-11,14-45H2,1H3/b13-12+. The molecule has 0 aliphatic rings. The van der Waals surface area contributed by atoms with E-state index in [0.717, 1.165) is 13.0 Å². The zero-order valence-corrected chi connectivity index (χ0v) is 37.0. The van der Waals surface area contributed by atoms with E-state index in [4.69, 9.17) is 67.3 Å². The minimum Gasteiger partial charge on any atom is -0.379 e. The number of ether oxygens (including phenoxy) is 13. The number of allylic oxidation sites excluding steroid dienone is 2. The van der Waals surface area contributed by atoms with Crippen molar-refractivity contribution in [2.75, 3.05) is 178 Å². The van der Waals surface area contributed by atoms with E-state index >= 15 is 0 Å². The minimum atomic E-state index is 0.511. The van der Waals surface area contributed by atoms with Gasteiger partial charge in [0.2, 0.25) is 0 Å². The molecular formula is C44H89NO13. The second-order valence-corrected chi connectivity index (χ2v) is 13.7. The molecule has 14 nitrogen and oxygen atoms in total. The van der Waals surface area contributed by atoms with Gasteiger partial charge in [0.05, 0.1) is 165 Å². The Bertz CT molecular complexity index is 742. The van der Waals surface area contributed by atoms with Crippen LogP contribution >= 0.6 is 0 Å². The molecule has 0 aliphatic carbocycles. The first kappa shape index (κ1) is 57.2. The summed E-state index contributed by atoms with van der Waals surface area (Å²) in [6, 6.07) is 0. The van der Waals surface area contributed by atoms with Gasteiger partial charge in [0.1, 0.15) is 0 Å². The quantitative estimate of drug-likeness (QED) is 0.0548. The molecule has 0 amide bonds. The number of rotatable bonds is 54. The number of hydrogen-bond donors (Lipinski definition) is 1. The Morgan fingerprint density at radius 3 is 0.707 bits per heavy atom. The van der Waals surface area contributed by atoms with Crippen molar-refractivity contribution >= 4 is 0 Å². The zero-order valence-electron chi connectivity index (χ0n) is 37.0. The minimum absolute atomic E-state index is 0.511. The lowest BCUT2D eigenvalue weighted by molar-refractivity contribution is -0.0290. The molecule has 348 valence electrons. The van der Waals surface area contributed by atoms with Crippen molar-refractivity contribution in [3.8, 4) is 0 Å². The van der Waals surface area contributed by atoms with Gasteiger partial charge in [0.15, 0.2) is 0 Å². The van der Waals surface area contributed by atoms with Crippen LogP contribution < -0.4 is 5.73 Å². The van der Waals surface area contributed by atoms with Crippen molar-refractivity contribution < 1.29 is 61.6 Å². The van der Waals surface area contributed by atoms with Gasteiger partial charge >= 0.3 is 0 Å². The summed E-state index contributed by atoms with van der Waals surface area (Å²) in [5.41, 5.74) is 5.34. The second kappa shape index (κ2) is 56.2. The zero-order chi connectivity index (χ0) is 41.6. The highest BCUT2D eigenvalue weighted by molar-refractivity contribution is 4.81. The topological polar surface area (TPSA) is 146 Å². The van der Waals surface area contributed by atoms with Crippen LogP contribution in [0.3, 0.4) is 0 Å². The highest BCUT2D eigenvalue weighted by atomic mass is 16.6. The Hall–Kier alpha value is -0.820. The number of nitrogens with two attached hydrogens (primary N) is 1. The third kappa shape index (κ3) is 55.2. The molecule has 0 unspecified atom stereocenters. The first-order valence-electron chi connectivity index (χ1n) is 22.8. The lowest BCUT2D eigenvalue weighted by atomic mass is 10.1. The van der Waals surface area contributed by atoms with E-state index in [0.29, 0.717) is 172 Å². The van der Waals surface area contributed by atoms with Crippen LogP contribution in [0.4, 0.5) is 0 Å². The van der Waals surface area contributed by atoms with Crippen LogP contribution in [0.5, 0.6) is 0 Å². The van der Waals surface area contributed by atoms with E-state index in [2.05, 4.69) is 19.1 Å². The van der Waals surface area contributed by atoms with Gasteiger partial charge in [0, 0.05) is 13.2 Å². The molecule has 0 aromatic rings. The Labute approximate surface area is 354 Å². The lowest BCUT2D eigenvalue weighted by Crippen LogP contribution is -2.16. The molecule has 0 spiro atoms. The van der Waals surface area contributed by atoms with Gasteiger partial charge in [-0.15, -0.1) is 0 Å². The summed E-state index contributed by atoms with van der Waals surface area (Å²) in [7, 11) is 0. The third-order valence-corrected chi connectivity index (χ3v) is 8.53. The molecule has 2 N–H and O–H groups in total. The Morgan fingerprint density at radius 2 is 0.448 bits per heavy atom. The summed E-state index contributed by atoms with van der Waals surface area (Å²) in [5.74, 6) is 0. The predicted molar refractivity (Wildman–Crippen MR) is 229 cm³/mol. The van der Waals surface area contributed by atoms with Crippen molar-refractivity contribution in [1.29, 1.82) is 0 Å². The van der Waals surface area contributed by atoms with Gasteiger partial charge in [-0.05, 0) is 32.1 Å². The van der Waals surface area contributed by atoms with Crippen LogP contribution in [-0.2, 0) is 61.6 Å². The van der Waals surface area contributed by atoms with Gasteiger partial charge in [-0.2, -0.15) is 0 Å². The van der Waals surface area contributed by atoms with Crippen molar-refractivity contribution in [3.05, 3.63) is 12.2 Å². The monoisotopic (exact) mass is 840 g/mol. The van der Waals surface area contributed by atoms with E-state index in [-0.39, 0.29) is 0 Å². The molecule has 0 heterocycles. The highest BCUT2D eigenvalue weighted by Gasteiger charge is 1.98. The van der Waals surface area contributed by atoms with Crippen LogP contribution in [-0.4, -0.2) is 178 Å². The fraction of sp³-hybridized carbons (Fsp3) is 0.955. The van der Waals surface area contributed by atoms with Gasteiger partial charge in [-0.3, -0.25) is 0 Å². The molecular weight excluding hydrogens is 750 g/mol. The summed E-state index contributed by atoms with van der Waals surface area (Å²) in [6.07, 6.45) is 23.3. The van der Waals surface area contributed by atoms with Crippen molar-refractivity contribution in [1.82, 2.24) is 0 Å². The maximum atomic E-state index is 5.68. The highest BCUT2D eigenvalue weighted by Crippen LogP contribution is 2.11. The van der Waals surface area contributed by atoms with Crippen LogP contribution in [0.1, 0.15) is 96.8 Å². The molecule has 0 saturated carbocycles. The average Bonchev–Trinajstić information content (AvgIpc) is 3.23. The molecule has 0 aromatic carbocycles. The van der Waals surface area contributed by atoms with E-state index < -0.39 is 0 Å². The summed E-state index contributed by atoms with van der Waals surface area (Å²) in [6.45, 7) is 17.0. The first-order chi connectivity index (χ1) is 28.9. The first-order valence-corrected chi connectivity index (χ1v) is 22.8. The van der Waals surface area contributed by atoms with Crippen molar-refractivity contribution in [2.24, 2.45) is 5.73 Å². The molecule has 0 rings (SSSR count). The fourth-order valence-corrected chi connectivity index (χ4v) is 5.28. The summed E-state index contributed by atoms with van der Waals surface area (Å²) in [5, 5.41) is 0. The molecule has 0 radical (unpaired) electrons. The van der Waals surface area contributed by atoms with Crippen molar-refractivity contribution in [3.63, 3.8) is 0 Å². The molecule has 0 fully saturated rings. The maximum absolute atomic E-state index is 5.68. The third-order valence-electron chi connectivity index (χ3n) is 8.53. The predicted octanol–water partition coefficient (Wildman–Crippen LogP) is 6.20. The lowest BCUT2D eigenvalue weighted by Gasteiger charge is -2.09. The van der Waals surface area contributed by atoms with E-state index in [1.165, 1.54) is 83.5 Å². The van der Waals surface area contributed by atoms with Crippen molar-refractivity contribution in [2.45, 2.75) is 96.8 Å². The van der Waals surface area contributed by atoms with Gasteiger partial charge < -0.3 is 67.3 Å². The molecule has 58 heavy (non-hydrogen) atoms. The Morgan fingerprint density at radius 1 is 0.241 bits per heavy atom. The smallest absolute Gasteiger partial charge is 0.0701 e. The molecule has 0 bridgehead atoms. The van der Waals surface area contributed by atoms with Gasteiger partial charge in [-0.1, -0.05) is 76.9 Å². The molecule has 0 saturated heterocycles. The Kier molecular flexibility index (Phi) is 55.4. The number of unbranched alkanes of at least 4 members (excludes halogenated alkanes) is 12. The Balaban J connectivity index is 3.08. The molecule has 0 aromatic heterocycles. The maximum Gasteiger partial charge on any atom is 0.0701 e. The molecule has 14 heteroatoms. The summed E-state index contributed by atoms with van der Waals surface area (Å²) in [4.78, 5) is 0. The molecule has 0 atom stereocenters. The molecule has 0 aliphatic heterocycles. The average molecular weight is 840 g/mol. The van der Waals surface area contributed by atoms with Gasteiger partial charge in [-0.25, -0.2) is 0 Å². The van der Waals surface area contributed by atoms with Crippen LogP contribution in [0.2, 0.25) is 0 Å². The van der Waals surface area contributed by atoms with E-state index in [1.807, 2.05) is 0 Å². The van der Waals surface area contributed by atoms with E-state index in [9.17, 15) is 0 Å². The van der Waals surface area contributed by atoms with Crippen LogP contribution in [0.25, 0.3) is 0 Å². The second-order valence-electron chi connectivity index (χ2n) is 13.7. The number of hydrogen-bond acceptors (Lipinski definition) is 14. The van der Waals surface area contributed by atoms with Crippen LogP contribution in [0, 0.1) is 0 Å². The van der Waals surface area contributed by atoms with Gasteiger partial charge in [0.25, 0.3) is 0 Å².